The highest BCUT2D eigenvalue weighted by atomic mass is 16.5. The lowest BCUT2D eigenvalue weighted by Crippen LogP contribution is -2.49. The Morgan fingerprint density at radius 3 is 2.53 bits per heavy atom. The van der Waals surface area contributed by atoms with Gasteiger partial charge in [0.25, 0.3) is 11.8 Å². The highest BCUT2D eigenvalue weighted by Gasteiger charge is 2.50. The average Bonchev–Trinajstić information content (AvgIpc) is 3.19. The fourth-order valence-electron chi connectivity index (χ4n) is 3.67. The molecular formula is C23H22N4O5. The Morgan fingerprint density at radius 2 is 1.81 bits per heavy atom. The topological polar surface area (TPSA) is 121 Å². The van der Waals surface area contributed by atoms with Crippen LogP contribution >= 0.6 is 0 Å². The monoisotopic (exact) mass is 434 g/mol. The number of nitrogens with one attached hydrogen (secondary N) is 3. The van der Waals surface area contributed by atoms with Gasteiger partial charge in [0.2, 0.25) is 0 Å². The number of esters is 1. The zero-order chi connectivity index (χ0) is 23.0. The maximum atomic E-state index is 12.8. The molecule has 1 aliphatic rings. The van der Waals surface area contributed by atoms with E-state index in [9.17, 15) is 19.2 Å². The van der Waals surface area contributed by atoms with Crippen molar-refractivity contribution in [3.63, 3.8) is 0 Å². The minimum absolute atomic E-state index is 0.291. The van der Waals surface area contributed by atoms with E-state index in [1.165, 1.54) is 0 Å². The molecule has 9 heteroatoms. The van der Waals surface area contributed by atoms with Crippen molar-refractivity contribution in [2.75, 3.05) is 6.61 Å². The van der Waals surface area contributed by atoms with Crippen molar-refractivity contribution in [3.05, 3.63) is 70.9 Å². The standard InChI is InChI=1S/C23H22N4O5/c1-13-14(2)24-18-10-9-15(11-17(13)18)20(29)32-12-19(28)26-27-21(30)23(3,25-22(27)31)16-7-5-4-6-8-16/h4-11,24H,12H2,1-3H3,(H,25,31)(H,26,28). The lowest BCUT2D eigenvalue weighted by atomic mass is 9.92. The number of hydrogen-bond donors (Lipinski definition) is 3. The first-order valence-electron chi connectivity index (χ1n) is 9.98. The first-order valence-corrected chi connectivity index (χ1v) is 9.98. The Balaban J connectivity index is 1.40. The SMILES string of the molecule is Cc1[nH]c2ccc(C(=O)OCC(=O)NN3C(=O)NC(C)(c4ccccc4)C3=O)cc2c1C. The number of H-pyrrole nitrogens is 1. The Hall–Kier alpha value is -4.14. The zero-order valence-electron chi connectivity index (χ0n) is 17.8. The number of benzene rings is 2. The maximum Gasteiger partial charge on any atom is 0.344 e. The van der Waals surface area contributed by atoms with Gasteiger partial charge in [0.1, 0.15) is 5.54 Å². The summed E-state index contributed by atoms with van der Waals surface area (Å²) in [6.07, 6.45) is 0. The summed E-state index contributed by atoms with van der Waals surface area (Å²) in [5.41, 5.74) is 4.67. The Kier molecular flexibility index (Phi) is 5.17. The third-order valence-electron chi connectivity index (χ3n) is 5.66. The van der Waals surface area contributed by atoms with E-state index in [4.69, 9.17) is 4.74 Å². The van der Waals surface area contributed by atoms with Crippen LogP contribution in [0.1, 0.15) is 34.1 Å². The lowest BCUT2D eigenvalue weighted by Gasteiger charge is -2.22. The second-order valence-corrected chi connectivity index (χ2v) is 7.81. The number of aromatic nitrogens is 1. The molecule has 0 saturated carbocycles. The van der Waals surface area contributed by atoms with E-state index in [1.807, 2.05) is 13.8 Å². The van der Waals surface area contributed by atoms with Crippen LogP contribution < -0.4 is 10.7 Å². The molecule has 0 bridgehead atoms. The second-order valence-electron chi connectivity index (χ2n) is 7.81. The van der Waals surface area contributed by atoms with Gasteiger partial charge in [-0.25, -0.2) is 9.59 Å². The van der Waals surface area contributed by atoms with Gasteiger partial charge in [-0.2, -0.15) is 5.01 Å². The quantitative estimate of drug-likeness (QED) is 0.421. The number of carbonyl (C=O) groups is 4. The number of amides is 4. The van der Waals surface area contributed by atoms with Crippen LogP contribution in [0.5, 0.6) is 0 Å². The van der Waals surface area contributed by atoms with Crippen molar-refractivity contribution in [3.8, 4) is 0 Å². The number of ether oxygens (including phenoxy) is 1. The molecule has 1 atom stereocenters. The third kappa shape index (κ3) is 3.58. The number of hydrazine groups is 1. The number of hydrogen-bond acceptors (Lipinski definition) is 5. The van der Waals surface area contributed by atoms with Gasteiger partial charge in [0.05, 0.1) is 5.56 Å². The minimum atomic E-state index is -1.32. The van der Waals surface area contributed by atoms with Gasteiger partial charge >= 0.3 is 12.0 Å². The molecule has 164 valence electrons. The molecule has 1 saturated heterocycles. The minimum Gasteiger partial charge on any atom is -0.452 e. The van der Waals surface area contributed by atoms with Gasteiger partial charge in [-0.3, -0.25) is 15.0 Å². The van der Waals surface area contributed by atoms with Crippen molar-refractivity contribution < 1.29 is 23.9 Å². The summed E-state index contributed by atoms with van der Waals surface area (Å²) in [4.78, 5) is 53.0. The van der Waals surface area contributed by atoms with Crippen molar-refractivity contribution in [1.82, 2.24) is 20.7 Å². The van der Waals surface area contributed by atoms with Gasteiger partial charge in [-0.15, -0.1) is 0 Å². The molecule has 4 rings (SSSR count). The number of fused-ring (bicyclic) bond motifs is 1. The normalized spacial score (nSPS) is 18.0. The zero-order valence-corrected chi connectivity index (χ0v) is 17.8. The number of nitrogens with zero attached hydrogens (tertiary/aromatic N) is 1. The van der Waals surface area contributed by atoms with E-state index in [1.54, 1.807) is 55.5 Å². The van der Waals surface area contributed by atoms with Crippen LogP contribution in [-0.4, -0.2) is 40.4 Å². The summed E-state index contributed by atoms with van der Waals surface area (Å²) in [6.45, 7) is 4.78. The predicted octanol–water partition coefficient (Wildman–Crippen LogP) is 2.44. The third-order valence-corrected chi connectivity index (χ3v) is 5.66. The highest BCUT2D eigenvalue weighted by molar-refractivity contribution is 6.08. The van der Waals surface area contributed by atoms with Gasteiger partial charge in [0, 0.05) is 16.6 Å². The van der Waals surface area contributed by atoms with Crippen LogP contribution in [0, 0.1) is 13.8 Å². The molecule has 3 aromatic rings. The molecule has 0 radical (unpaired) electrons. The van der Waals surface area contributed by atoms with E-state index in [0.717, 1.165) is 22.2 Å². The summed E-state index contributed by atoms with van der Waals surface area (Å²) >= 11 is 0. The number of aromatic amines is 1. The molecule has 32 heavy (non-hydrogen) atoms. The first kappa shape index (κ1) is 21.1. The average molecular weight is 434 g/mol. The van der Waals surface area contributed by atoms with Crippen molar-refractivity contribution in [1.29, 1.82) is 0 Å². The van der Waals surface area contributed by atoms with E-state index >= 15 is 0 Å². The number of aryl methyl sites for hydroxylation is 2. The molecule has 1 aliphatic heterocycles. The number of imide groups is 1. The molecule has 2 heterocycles. The van der Waals surface area contributed by atoms with E-state index < -0.39 is 36.0 Å². The van der Waals surface area contributed by atoms with Crippen LogP contribution in [0.3, 0.4) is 0 Å². The maximum absolute atomic E-state index is 12.8. The molecule has 1 fully saturated rings. The first-order chi connectivity index (χ1) is 15.2. The molecule has 0 aliphatic carbocycles. The summed E-state index contributed by atoms with van der Waals surface area (Å²) in [6, 6.07) is 13.0. The molecule has 1 aromatic heterocycles. The molecule has 3 N–H and O–H groups in total. The van der Waals surface area contributed by atoms with Crippen LogP contribution in [0.4, 0.5) is 4.79 Å². The van der Waals surface area contributed by atoms with Crippen molar-refractivity contribution >= 4 is 34.7 Å². The van der Waals surface area contributed by atoms with Crippen LogP contribution in [-0.2, 0) is 19.9 Å². The molecule has 0 spiro atoms. The van der Waals surface area contributed by atoms with Gasteiger partial charge in [0.15, 0.2) is 6.61 Å². The Bertz CT molecular complexity index is 1250. The largest absolute Gasteiger partial charge is 0.452 e. The molecule has 9 nitrogen and oxygen atoms in total. The van der Waals surface area contributed by atoms with Crippen LogP contribution in [0.15, 0.2) is 48.5 Å². The smallest absolute Gasteiger partial charge is 0.344 e. The molecule has 2 aromatic carbocycles. The van der Waals surface area contributed by atoms with E-state index in [0.29, 0.717) is 16.1 Å². The van der Waals surface area contributed by atoms with Gasteiger partial charge in [-0.05, 0) is 50.1 Å². The Morgan fingerprint density at radius 1 is 1.09 bits per heavy atom. The summed E-state index contributed by atoms with van der Waals surface area (Å²) in [5.74, 6) is -2.14. The fourth-order valence-corrected chi connectivity index (χ4v) is 3.67. The lowest BCUT2D eigenvalue weighted by molar-refractivity contribution is -0.140. The van der Waals surface area contributed by atoms with Crippen molar-refractivity contribution in [2.45, 2.75) is 26.3 Å². The highest BCUT2D eigenvalue weighted by Crippen LogP contribution is 2.27. The molecular weight excluding hydrogens is 412 g/mol. The van der Waals surface area contributed by atoms with Gasteiger partial charge < -0.3 is 15.0 Å². The molecule has 4 amide bonds. The predicted molar refractivity (Wildman–Crippen MR) is 115 cm³/mol. The van der Waals surface area contributed by atoms with Gasteiger partial charge in [-0.1, -0.05) is 30.3 Å². The van der Waals surface area contributed by atoms with Crippen LogP contribution in [0.2, 0.25) is 0 Å². The summed E-state index contributed by atoms with van der Waals surface area (Å²) in [7, 11) is 0. The summed E-state index contributed by atoms with van der Waals surface area (Å²) < 4.78 is 5.07. The fraction of sp³-hybridized carbons (Fsp3) is 0.217. The second kappa shape index (κ2) is 7.84. The van der Waals surface area contributed by atoms with E-state index in [-0.39, 0.29) is 0 Å². The molecule has 1 unspecified atom stereocenters. The number of rotatable bonds is 5. The summed E-state index contributed by atoms with van der Waals surface area (Å²) in [5, 5.41) is 4.07. The van der Waals surface area contributed by atoms with E-state index in [2.05, 4.69) is 15.7 Å². The van der Waals surface area contributed by atoms with Crippen molar-refractivity contribution in [2.24, 2.45) is 0 Å². The number of urea groups is 1. The van der Waals surface area contributed by atoms with Crippen LogP contribution in [0.25, 0.3) is 10.9 Å². The number of carbonyl (C=O) groups excluding carboxylic acids is 4. The Labute approximate surface area is 183 Å².